The SMILES string of the molecule is COCc1cccc(C(O)Cc2ccc(Cl)cc2Cl)c1. The highest BCUT2D eigenvalue weighted by atomic mass is 35.5. The number of aliphatic hydroxyl groups is 1. The first kappa shape index (κ1) is 15.3. The second kappa shape index (κ2) is 7.09. The van der Waals surface area contributed by atoms with Gasteiger partial charge in [0, 0.05) is 23.6 Å². The monoisotopic (exact) mass is 310 g/mol. The van der Waals surface area contributed by atoms with Gasteiger partial charge >= 0.3 is 0 Å². The Morgan fingerprint density at radius 3 is 2.65 bits per heavy atom. The predicted molar refractivity (Wildman–Crippen MR) is 82.3 cm³/mol. The Kier molecular flexibility index (Phi) is 5.44. The van der Waals surface area contributed by atoms with Crippen LogP contribution < -0.4 is 0 Å². The van der Waals surface area contributed by atoms with Gasteiger partial charge in [0.15, 0.2) is 0 Å². The molecule has 0 saturated carbocycles. The molecule has 0 aliphatic rings. The zero-order valence-corrected chi connectivity index (χ0v) is 12.7. The summed E-state index contributed by atoms with van der Waals surface area (Å²) < 4.78 is 5.10. The Labute approximate surface area is 128 Å². The van der Waals surface area contributed by atoms with E-state index in [0.29, 0.717) is 23.1 Å². The highest BCUT2D eigenvalue weighted by Gasteiger charge is 2.11. The Hall–Kier alpha value is -1.06. The van der Waals surface area contributed by atoms with Crippen LogP contribution in [0.15, 0.2) is 42.5 Å². The summed E-state index contributed by atoms with van der Waals surface area (Å²) in [5.41, 5.74) is 2.76. The zero-order valence-electron chi connectivity index (χ0n) is 11.1. The molecular weight excluding hydrogens is 295 g/mol. The maximum Gasteiger partial charge on any atom is 0.0831 e. The molecule has 0 radical (unpaired) electrons. The number of hydrogen-bond acceptors (Lipinski definition) is 2. The molecule has 20 heavy (non-hydrogen) atoms. The lowest BCUT2D eigenvalue weighted by Gasteiger charge is -2.13. The smallest absolute Gasteiger partial charge is 0.0831 e. The lowest BCUT2D eigenvalue weighted by Crippen LogP contribution is -2.03. The highest BCUT2D eigenvalue weighted by Crippen LogP contribution is 2.26. The van der Waals surface area contributed by atoms with Crippen LogP contribution in [0, 0.1) is 0 Å². The van der Waals surface area contributed by atoms with Gasteiger partial charge in [-0.3, -0.25) is 0 Å². The fraction of sp³-hybridized carbons (Fsp3) is 0.250. The van der Waals surface area contributed by atoms with Crippen molar-refractivity contribution >= 4 is 23.2 Å². The molecule has 0 fully saturated rings. The molecule has 2 aromatic rings. The first-order valence-corrected chi connectivity index (χ1v) is 7.05. The van der Waals surface area contributed by atoms with Crippen molar-refractivity contribution in [3.8, 4) is 0 Å². The van der Waals surface area contributed by atoms with E-state index in [9.17, 15) is 5.11 Å². The summed E-state index contributed by atoms with van der Waals surface area (Å²) in [6, 6.07) is 13.0. The average Bonchev–Trinajstić information content (AvgIpc) is 2.42. The van der Waals surface area contributed by atoms with Crippen molar-refractivity contribution in [2.45, 2.75) is 19.1 Å². The number of rotatable bonds is 5. The van der Waals surface area contributed by atoms with Crippen molar-refractivity contribution in [1.82, 2.24) is 0 Å². The standard InChI is InChI=1S/C16H16Cl2O2/c1-20-10-11-3-2-4-13(7-11)16(19)8-12-5-6-14(17)9-15(12)18/h2-7,9,16,19H,8,10H2,1H3. The molecular formula is C16H16Cl2O2. The molecule has 0 spiro atoms. The van der Waals surface area contributed by atoms with Crippen LogP contribution in [0.3, 0.4) is 0 Å². The van der Waals surface area contributed by atoms with Crippen molar-refractivity contribution in [2.24, 2.45) is 0 Å². The summed E-state index contributed by atoms with van der Waals surface area (Å²) >= 11 is 12.0. The zero-order chi connectivity index (χ0) is 14.5. The van der Waals surface area contributed by atoms with Gasteiger partial charge in [0.05, 0.1) is 12.7 Å². The van der Waals surface area contributed by atoms with Crippen LogP contribution in [0.5, 0.6) is 0 Å². The fourth-order valence-corrected chi connectivity index (χ4v) is 2.56. The summed E-state index contributed by atoms with van der Waals surface area (Å²) in [6.45, 7) is 0.530. The maximum atomic E-state index is 10.3. The second-order valence-corrected chi connectivity index (χ2v) is 5.48. The van der Waals surface area contributed by atoms with Crippen LogP contribution in [0.1, 0.15) is 22.8 Å². The molecule has 1 N–H and O–H groups in total. The third-order valence-electron chi connectivity index (χ3n) is 3.08. The van der Waals surface area contributed by atoms with Gasteiger partial charge in [-0.15, -0.1) is 0 Å². The van der Waals surface area contributed by atoms with Crippen LogP contribution in [0.4, 0.5) is 0 Å². The molecule has 1 unspecified atom stereocenters. The van der Waals surface area contributed by atoms with E-state index in [0.717, 1.165) is 16.7 Å². The van der Waals surface area contributed by atoms with Crippen LogP contribution in [0.2, 0.25) is 10.0 Å². The molecule has 0 bridgehead atoms. The van der Waals surface area contributed by atoms with E-state index in [4.69, 9.17) is 27.9 Å². The van der Waals surface area contributed by atoms with Crippen LogP contribution in [-0.2, 0) is 17.8 Å². The van der Waals surface area contributed by atoms with E-state index in [2.05, 4.69) is 0 Å². The third-order valence-corrected chi connectivity index (χ3v) is 3.66. The molecule has 0 heterocycles. The van der Waals surface area contributed by atoms with Gasteiger partial charge in [-0.05, 0) is 28.8 Å². The molecule has 0 aromatic heterocycles. The van der Waals surface area contributed by atoms with Crippen LogP contribution >= 0.6 is 23.2 Å². The number of hydrogen-bond donors (Lipinski definition) is 1. The molecule has 4 heteroatoms. The minimum atomic E-state index is -0.606. The van der Waals surface area contributed by atoms with Gasteiger partial charge in [-0.1, -0.05) is 53.5 Å². The lowest BCUT2D eigenvalue weighted by molar-refractivity contribution is 0.175. The maximum absolute atomic E-state index is 10.3. The normalized spacial score (nSPS) is 12.4. The van der Waals surface area contributed by atoms with Crippen LogP contribution in [-0.4, -0.2) is 12.2 Å². The van der Waals surface area contributed by atoms with Crippen molar-refractivity contribution in [1.29, 1.82) is 0 Å². The Balaban J connectivity index is 2.15. The first-order chi connectivity index (χ1) is 9.60. The van der Waals surface area contributed by atoms with Gasteiger partial charge in [-0.25, -0.2) is 0 Å². The van der Waals surface area contributed by atoms with E-state index < -0.39 is 6.10 Å². The molecule has 0 amide bonds. The second-order valence-electron chi connectivity index (χ2n) is 4.63. The fourth-order valence-electron chi connectivity index (χ4n) is 2.07. The molecule has 2 nitrogen and oxygen atoms in total. The number of benzene rings is 2. The summed E-state index contributed by atoms with van der Waals surface area (Å²) in [6.07, 6.45) is -0.155. The quantitative estimate of drug-likeness (QED) is 0.886. The van der Waals surface area contributed by atoms with Crippen molar-refractivity contribution in [3.05, 3.63) is 69.2 Å². The van der Waals surface area contributed by atoms with Crippen molar-refractivity contribution in [3.63, 3.8) is 0 Å². The lowest BCUT2D eigenvalue weighted by atomic mass is 10.00. The highest BCUT2D eigenvalue weighted by molar-refractivity contribution is 6.35. The van der Waals surface area contributed by atoms with Crippen molar-refractivity contribution in [2.75, 3.05) is 7.11 Å². The molecule has 0 aliphatic carbocycles. The van der Waals surface area contributed by atoms with E-state index in [1.54, 1.807) is 19.2 Å². The van der Waals surface area contributed by atoms with Crippen LogP contribution in [0.25, 0.3) is 0 Å². The van der Waals surface area contributed by atoms with E-state index in [1.807, 2.05) is 30.3 Å². The summed E-state index contributed by atoms with van der Waals surface area (Å²) in [5.74, 6) is 0. The number of ether oxygens (including phenoxy) is 1. The number of halogens is 2. The van der Waals surface area contributed by atoms with Gasteiger partial charge in [0.1, 0.15) is 0 Å². The molecule has 2 rings (SSSR count). The Morgan fingerprint density at radius 1 is 1.15 bits per heavy atom. The molecule has 1 atom stereocenters. The number of methoxy groups -OCH3 is 1. The van der Waals surface area contributed by atoms with Gasteiger partial charge in [-0.2, -0.15) is 0 Å². The molecule has 0 aliphatic heterocycles. The minimum Gasteiger partial charge on any atom is -0.388 e. The average molecular weight is 311 g/mol. The van der Waals surface area contributed by atoms with Crippen molar-refractivity contribution < 1.29 is 9.84 Å². The van der Waals surface area contributed by atoms with Gasteiger partial charge in [0.2, 0.25) is 0 Å². The van der Waals surface area contributed by atoms with Gasteiger partial charge < -0.3 is 9.84 Å². The van der Waals surface area contributed by atoms with E-state index in [1.165, 1.54) is 0 Å². The number of aliphatic hydroxyl groups excluding tert-OH is 1. The summed E-state index contributed by atoms with van der Waals surface area (Å²) in [4.78, 5) is 0. The summed E-state index contributed by atoms with van der Waals surface area (Å²) in [5, 5.41) is 11.5. The first-order valence-electron chi connectivity index (χ1n) is 6.30. The topological polar surface area (TPSA) is 29.5 Å². The predicted octanol–water partition coefficient (Wildman–Crippen LogP) is 4.42. The minimum absolute atomic E-state index is 0.451. The Bertz CT molecular complexity index is 584. The molecule has 106 valence electrons. The largest absolute Gasteiger partial charge is 0.388 e. The molecule has 2 aromatic carbocycles. The summed E-state index contributed by atoms with van der Waals surface area (Å²) in [7, 11) is 1.65. The van der Waals surface area contributed by atoms with E-state index >= 15 is 0 Å². The Morgan fingerprint density at radius 2 is 1.95 bits per heavy atom. The van der Waals surface area contributed by atoms with Gasteiger partial charge in [0.25, 0.3) is 0 Å². The molecule has 0 saturated heterocycles. The van der Waals surface area contributed by atoms with E-state index in [-0.39, 0.29) is 0 Å². The third kappa shape index (κ3) is 3.97.